The molecule has 0 amide bonds. The Morgan fingerprint density at radius 2 is 2.16 bits per heavy atom. The number of hydrogen-bond acceptors (Lipinski definition) is 2. The molecule has 19 heavy (non-hydrogen) atoms. The number of aliphatic carboxylic acids is 1. The highest BCUT2D eigenvalue weighted by molar-refractivity contribution is 7.13. The van der Waals surface area contributed by atoms with Crippen LogP contribution in [0.2, 0.25) is 0 Å². The zero-order chi connectivity index (χ0) is 13.4. The largest absolute Gasteiger partial charge is 0.480 e. The average Bonchev–Trinajstić information content (AvgIpc) is 2.96. The van der Waals surface area contributed by atoms with Crippen molar-refractivity contribution in [2.24, 2.45) is 0 Å². The Balaban J connectivity index is 2.27. The van der Waals surface area contributed by atoms with Crippen molar-refractivity contribution in [3.8, 4) is 10.6 Å². The molecule has 5 heteroatoms. The van der Waals surface area contributed by atoms with Gasteiger partial charge in [0.25, 0.3) is 0 Å². The van der Waals surface area contributed by atoms with E-state index in [-0.39, 0.29) is 12.4 Å². The maximum Gasteiger partial charge on any atom is 0.323 e. The van der Waals surface area contributed by atoms with Gasteiger partial charge in [0.2, 0.25) is 0 Å². The van der Waals surface area contributed by atoms with E-state index in [1.165, 1.54) is 23.5 Å². The maximum atomic E-state index is 13.3. The van der Waals surface area contributed by atoms with E-state index in [1.54, 1.807) is 10.6 Å². The fourth-order valence-corrected chi connectivity index (χ4v) is 2.93. The number of hydrogen-bond donors (Lipinski definition) is 1. The van der Waals surface area contributed by atoms with Crippen LogP contribution in [-0.2, 0) is 11.3 Å². The molecule has 0 aliphatic carbocycles. The third-order valence-corrected chi connectivity index (χ3v) is 3.82. The predicted octanol–water partition coefficient (Wildman–Crippen LogP) is 3.59. The van der Waals surface area contributed by atoms with Crippen molar-refractivity contribution in [1.29, 1.82) is 0 Å². The molecule has 0 atom stereocenters. The van der Waals surface area contributed by atoms with Gasteiger partial charge in [0.15, 0.2) is 0 Å². The minimum atomic E-state index is -0.917. The number of carbonyl (C=O) groups is 1. The molecule has 0 radical (unpaired) electrons. The maximum absolute atomic E-state index is 13.3. The molecule has 3 nitrogen and oxygen atoms in total. The van der Waals surface area contributed by atoms with E-state index in [2.05, 4.69) is 0 Å². The molecule has 2 heterocycles. The van der Waals surface area contributed by atoms with Crippen molar-refractivity contribution >= 4 is 28.2 Å². The van der Waals surface area contributed by atoms with E-state index in [9.17, 15) is 9.18 Å². The van der Waals surface area contributed by atoms with E-state index in [0.717, 1.165) is 16.1 Å². The van der Waals surface area contributed by atoms with Gasteiger partial charge >= 0.3 is 5.97 Å². The van der Waals surface area contributed by atoms with Gasteiger partial charge in [0, 0.05) is 10.9 Å². The second kappa shape index (κ2) is 4.51. The molecule has 0 fully saturated rings. The molecule has 0 saturated heterocycles. The van der Waals surface area contributed by atoms with Crippen molar-refractivity contribution in [3.05, 3.63) is 47.6 Å². The van der Waals surface area contributed by atoms with Crippen LogP contribution < -0.4 is 0 Å². The molecule has 2 aromatic heterocycles. The Morgan fingerprint density at radius 1 is 1.32 bits per heavy atom. The van der Waals surface area contributed by atoms with E-state index in [1.807, 2.05) is 23.6 Å². The first-order chi connectivity index (χ1) is 9.15. The molecule has 0 unspecified atom stereocenters. The van der Waals surface area contributed by atoms with Crippen LogP contribution in [0.5, 0.6) is 0 Å². The molecule has 3 rings (SSSR count). The molecule has 0 aliphatic heterocycles. The van der Waals surface area contributed by atoms with Crippen LogP contribution in [0, 0.1) is 5.82 Å². The van der Waals surface area contributed by atoms with Gasteiger partial charge < -0.3 is 9.67 Å². The SMILES string of the molecule is O=C(O)Cn1c(-c2cccs2)cc2cc(F)ccc21. The lowest BCUT2D eigenvalue weighted by molar-refractivity contribution is -0.137. The minimum absolute atomic E-state index is 0.137. The van der Waals surface area contributed by atoms with E-state index < -0.39 is 5.97 Å². The van der Waals surface area contributed by atoms with Crippen LogP contribution >= 0.6 is 11.3 Å². The Labute approximate surface area is 112 Å². The number of fused-ring (bicyclic) bond motifs is 1. The molecule has 1 aromatic carbocycles. The van der Waals surface area contributed by atoms with Gasteiger partial charge in [-0.05, 0) is 35.7 Å². The van der Waals surface area contributed by atoms with Gasteiger partial charge in [-0.1, -0.05) is 6.07 Å². The van der Waals surface area contributed by atoms with Crippen LogP contribution in [0.25, 0.3) is 21.5 Å². The predicted molar refractivity (Wildman–Crippen MR) is 72.8 cm³/mol. The number of rotatable bonds is 3. The van der Waals surface area contributed by atoms with Gasteiger partial charge in [-0.15, -0.1) is 11.3 Å². The lowest BCUT2D eigenvalue weighted by atomic mass is 10.2. The van der Waals surface area contributed by atoms with Crippen molar-refractivity contribution in [3.63, 3.8) is 0 Å². The third kappa shape index (κ3) is 2.13. The third-order valence-electron chi connectivity index (χ3n) is 2.93. The summed E-state index contributed by atoms with van der Waals surface area (Å²) in [5.74, 6) is -1.24. The molecule has 0 bridgehead atoms. The average molecular weight is 275 g/mol. The number of aromatic nitrogens is 1. The van der Waals surface area contributed by atoms with Crippen LogP contribution in [0.4, 0.5) is 4.39 Å². The fraction of sp³-hybridized carbons (Fsp3) is 0.0714. The van der Waals surface area contributed by atoms with Gasteiger partial charge in [-0.25, -0.2) is 4.39 Å². The first kappa shape index (κ1) is 11.9. The van der Waals surface area contributed by atoms with Crippen LogP contribution in [-0.4, -0.2) is 15.6 Å². The molecule has 96 valence electrons. The van der Waals surface area contributed by atoms with Gasteiger partial charge in [0.1, 0.15) is 12.4 Å². The first-order valence-corrected chi connectivity index (χ1v) is 6.57. The van der Waals surface area contributed by atoms with Crippen LogP contribution in [0.3, 0.4) is 0 Å². The summed E-state index contributed by atoms with van der Waals surface area (Å²) < 4.78 is 15.0. The zero-order valence-corrected chi connectivity index (χ0v) is 10.7. The topological polar surface area (TPSA) is 42.2 Å². The van der Waals surface area contributed by atoms with Crippen LogP contribution in [0.1, 0.15) is 0 Å². The fourth-order valence-electron chi connectivity index (χ4n) is 2.18. The van der Waals surface area contributed by atoms with Gasteiger partial charge in [-0.3, -0.25) is 4.79 Å². The number of benzene rings is 1. The van der Waals surface area contributed by atoms with E-state index in [0.29, 0.717) is 5.39 Å². The first-order valence-electron chi connectivity index (χ1n) is 5.69. The molecule has 1 N–H and O–H groups in total. The number of carboxylic acid groups (broad SMARTS) is 1. The second-order valence-corrected chi connectivity index (χ2v) is 5.14. The molecule has 0 saturated carbocycles. The highest BCUT2D eigenvalue weighted by atomic mass is 32.1. The number of thiophene rings is 1. The molecule has 0 aliphatic rings. The summed E-state index contributed by atoms with van der Waals surface area (Å²) in [6.45, 7) is -0.137. The van der Waals surface area contributed by atoms with E-state index >= 15 is 0 Å². The van der Waals surface area contributed by atoms with Crippen molar-refractivity contribution in [2.45, 2.75) is 6.54 Å². The van der Waals surface area contributed by atoms with Crippen molar-refractivity contribution in [2.75, 3.05) is 0 Å². The minimum Gasteiger partial charge on any atom is -0.480 e. The number of nitrogens with zero attached hydrogens (tertiary/aromatic N) is 1. The summed E-state index contributed by atoms with van der Waals surface area (Å²) >= 11 is 1.53. The summed E-state index contributed by atoms with van der Waals surface area (Å²) in [5, 5.41) is 11.7. The van der Waals surface area contributed by atoms with Gasteiger partial charge in [0.05, 0.1) is 10.6 Å². The quantitative estimate of drug-likeness (QED) is 0.793. The molecule has 3 aromatic rings. The Bertz CT molecular complexity index is 746. The summed E-state index contributed by atoms with van der Waals surface area (Å²) in [6.07, 6.45) is 0. The van der Waals surface area contributed by atoms with Crippen LogP contribution in [0.15, 0.2) is 41.8 Å². The normalized spacial score (nSPS) is 11.0. The lowest BCUT2D eigenvalue weighted by Gasteiger charge is -2.06. The second-order valence-electron chi connectivity index (χ2n) is 4.19. The summed E-state index contributed by atoms with van der Waals surface area (Å²) in [6, 6.07) is 10.0. The zero-order valence-electron chi connectivity index (χ0n) is 9.84. The smallest absolute Gasteiger partial charge is 0.323 e. The lowest BCUT2D eigenvalue weighted by Crippen LogP contribution is -2.09. The van der Waals surface area contributed by atoms with Crippen molar-refractivity contribution in [1.82, 2.24) is 4.57 Å². The van der Waals surface area contributed by atoms with E-state index in [4.69, 9.17) is 5.11 Å². The summed E-state index contributed by atoms with van der Waals surface area (Å²) in [7, 11) is 0. The Hall–Kier alpha value is -2.14. The summed E-state index contributed by atoms with van der Waals surface area (Å²) in [4.78, 5) is 12.0. The Morgan fingerprint density at radius 3 is 2.84 bits per heavy atom. The standard InChI is InChI=1S/C14H10FNO2S/c15-10-3-4-11-9(6-10)7-12(13-2-1-5-19-13)16(11)8-14(17)18/h1-7H,8H2,(H,17,18). The molecular weight excluding hydrogens is 265 g/mol. The molecule has 0 spiro atoms. The highest BCUT2D eigenvalue weighted by Gasteiger charge is 2.14. The molecular formula is C14H10FNO2S. The monoisotopic (exact) mass is 275 g/mol. The summed E-state index contributed by atoms with van der Waals surface area (Å²) in [5.41, 5.74) is 1.53. The Kier molecular flexibility index (Phi) is 2.83. The number of carboxylic acids is 1. The van der Waals surface area contributed by atoms with Crippen molar-refractivity contribution < 1.29 is 14.3 Å². The van der Waals surface area contributed by atoms with Gasteiger partial charge in [-0.2, -0.15) is 0 Å². The number of halogens is 1. The highest BCUT2D eigenvalue weighted by Crippen LogP contribution is 2.31.